The van der Waals surface area contributed by atoms with E-state index in [1.807, 2.05) is 19.1 Å². The Bertz CT molecular complexity index is 1440. The van der Waals surface area contributed by atoms with Gasteiger partial charge in [0.25, 0.3) is 10.1 Å². The van der Waals surface area contributed by atoms with Crippen LogP contribution in [-0.2, 0) is 29.1 Å². The van der Waals surface area contributed by atoms with Gasteiger partial charge in [0.2, 0.25) is 0 Å². The molecule has 2 rings (SSSR count). The van der Waals surface area contributed by atoms with Crippen LogP contribution in [0.3, 0.4) is 0 Å². The van der Waals surface area contributed by atoms with Crippen molar-refractivity contribution < 1.29 is 36.7 Å². The molecule has 1 aromatic carbocycles. The molecule has 2 aromatic rings. The van der Waals surface area contributed by atoms with Crippen molar-refractivity contribution in [3.63, 3.8) is 0 Å². The fourth-order valence-electron chi connectivity index (χ4n) is 4.35. The van der Waals surface area contributed by atoms with Gasteiger partial charge in [-0.3, -0.25) is 4.55 Å². The van der Waals surface area contributed by atoms with Crippen molar-refractivity contribution in [3.05, 3.63) is 34.2 Å². The van der Waals surface area contributed by atoms with Gasteiger partial charge >= 0.3 is 0 Å². The van der Waals surface area contributed by atoms with Gasteiger partial charge < -0.3 is 33.5 Å². The van der Waals surface area contributed by atoms with E-state index in [4.69, 9.17) is 28.2 Å². The average molecular weight is 695 g/mol. The van der Waals surface area contributed by atoms with Gasteiger partial charge in [0.15, 0.2) is 5.00 Å². The topological polar surface area (TPSA) is 179 Å². The summed E-state index contributed by atoms with van der Waals surface area (Å²) in [5.74, 6) is 0.303. The van der Waals surface area contributed by atoms with Crippen LogP contribution in [0.4, 0.5) is 16.4 Å². The Hall–Kier alpha value is -3.19. The highest BCUT2D eigenvalue weighted by Gasteiger charge is 2.15. The molecular formula is C31H46N6O8S2. The normalized spacial score (nSPS) is 11.7. The van der Waals surface area contributed by atoms with Gasteiger partial charge in [-0.15, -0.1) is 21.6 Å². The van der Waals surface area contributed by atoms with Crippen LogP contribution in [0.1, 0.15) is 36.3 Å². The van der Waals surface area contributed by atoms with E-state index in [1.165, 1.54) is 0 Å². The van der Waals surface area contributed by atoms with E-state index in [1.54, 1.807) is 20.1 Å². The number of hydrogen-bond donors (Lipinski definition) is 1. The molecule has 1 N–H and O–H groups in total. The number of likely N-dealkylation sites (N-methyl/N-ethyl adjacent to an activating group) is 2. The quantitative estimate of drug-likeness (QED) is 0.0860. The molecule has 0 aliphatic heterocycles. The van der Waals surface area contributed by atoms with Gasteiger partial charge in [0, 0.05) is 31.4 Å². The maximum Gasteiger partial charge on any atom is 0.264 e. The molecular weight excluding hydrogens is 649 g/mol. The van der Waals surface area contributed by atoms with E-state index in [0.29, 0.717) is 111 Å². The number of nitrogens with zero attached hydrogens (tertiary/aromatic N) is 6. The number of rotatable bonds is 25. The van der Waals surface area contributed by atoms with E-state index >= 15 is 0 Å². The van der Waals surface area contributed by atoms with E-state index in [2.05, 4.69) is 39.1 Å². The maximum absolute atomic E-state index is 10.8. The van der Waals surface area contributed by atoms with Crippen LogP contribution >= 0.6 is 11.3 Å². The summed E-state index contributed by atoms with van der Waals surface area (Å²) in [5, 5.41) is 27.6. The molecule has 0 radical (unpaired) electrons. The summed E-state index contributed by atoms with van der Waals surface area (Å²) in [6.07, 6.45) is 0.384. The summed E-state index contributed by atoms with van der Waals surface area (Å²) in [6.45, 7) is 13.0. The molecule has 0 saturated carbocycles. The summed E-state index contributed by atoms with van der Waals surface area (Å²) < 4.78 is 58.4. The van der Waals surface area contributed by atoms with E-state index in [-0.39, 0.29) is 5.75 Å². The molecule has 16 heteroatoms. The Morgan fingerprint density at radius 1 is 0.872 bits per heavy atom. The molecule has 1 aromatic heterocycles. The van der Waals surface area contributed by atoms with Crippen molar-refractivity contribution in [2.45, 2.75) is 27.2 Å². The highest BCUT2D eigenvalue weighted by atomic mass is 32.2. The van der Waals surface area contributed by atoms with Crippen LogP contribution in [0.2, 0.25) is 0 Å². The van der Waals surface area contributed by atoms with Crippen molar-refractivity contribution in [1.82, 2.24) is 4.90 Å². The van der Waals surface area contributed by atoms with Crippen LogP contribution in [0.25, 0.3) is 0 Å². The number of nitriles is 2. The zero-order chi connectivity index (χ0) is 34.5. The lowest BCUT2D eigenvalue weighted by atomic mass is 10.2. The first-order chi connectivity index (χ1) is 22.7. The molecule has 0 unspecified atom stereocenters. The lowest BCUT2D eigenvalue weighted by molar-refractivity contribution is -0.00310. The SMILES string of the molecule is CCN(CCCS(=O)(=O)O)CCOCCOCCOCCOCCN(CC)c1ccc(N=Nc2sc(C#N)c(C)c2C#N)c(OC)c1. The summed E-state index contributed by atoms with van der Waals surface area (Å²) in [4.78, 5) is 4.67. The van der Waals surface area contributed by atoms with Gasteiger partial charge in [-0.05, 0) is 51.1 Å². The van der Waals surface area contributed by atoms with Crippen LogP contribution < -0.4 is 9.64 Å². The Balaban J connectivity index is 1.60. The fraction of sp³-hybridized carbons (Fsp3) is 0.613. The van der Waals surface area contributed by atoms with E-state index in [9.17, 15) is 18.9 Å². The van der Waals surface area contributed by atoms with Crippen LogP contribution in [-0.4, -0.2) is 116 Å². The predicted molar refractivity (Wildman–Crippen MR) is 180 cm³/mol. The third kappa shape index (κ3) is 15.1. The number of benzene rings is 1. The van der Waals surface area contributed by atoms with Gasteiger partial charge in [0.05, 0.1) is 71.3 Å². The second kappa shape index (κ2) is 22.4. The molecule has 0 atom stereocenters. The summed E-state index contributed by atoms with van der Waals surface area (Å²) >= 11 is 1.14. The smallest absolute Gasteiger partial charge is 0.264 e. The number of azo groups is 1. The molecule has 0 aliphatic carbocycles. The fourth-order valence-corrected chi connectivity index (χ4v) is 5.72. The summed E-state index contributed by atoms with van der Waals surface area (Å²) in [5.41, 5.74) is 2.42. The second-order valence-corrected chi connectivity index (χ2v) is 12.7. The van der Waals surface area contributed by atoms with Crippen LogP contribution in [0, 0.1) is 29.6 Å². The van der Waals surface area contributed by atoms with Gasteiger partial charge in [0.1, 0.15) is 28.5 Å². The van der Waals surface area contributed by atoms with Crippen molar-refractivity contribution >= 4 is 37.8 Å². The first-order valence-electron chi connectivity index (χ1n) is 15.4. The van der Waals surface area contributed by atoms with E-state index in [0.717, 1.165) is 30.1 Å². The molecule has 0 aliphatic rings. The molecule has 0 spiro atoms. The minimum absolute atomic E-state index is 0.233. The summed E-state index contributed by atoms with van der Waals surface area (Å²) in [6, 6.07) is 9.80. The maximum atomic E-state index is 10.8. The number of methoxy groups -OCH3 is 1. The molecule has 260 valence electrons. The van der Waals surface area contributed by atoms with Crippen LogP contribution in [0.15, 0.2) is 28.4 Å². The molecule has 0 saturated heterocycles. The van der Waals surface area contributed by atoms with E-state index < -0.39 is 10.1 Å². The molecule has 1 heterocycles. The summed E-state index contributed by atoms with van der Waals surface area (Å²) in [7, 11) is -2.36. The zero-order valence-electron chi connectivity index (χ0n) is 27.6. The monoisotopic (exact) mass is 694 g/mol. The molecule has 0 fully saturated rings. The number of hydrogen-bond acceptors (Lipinski definition) is 14. The minimum atomic E-state index is -3.92. The molecule has 0 bridgehead atoms. The molecule has 14 nitrogen and oxygen atoms in total. The first-order valence-corrected chi connectivity index (χ1v) is 17.9. The Morgan fingerprint density at radius 2 is 1.49 bits per heavy atom. The Kier molecular flexibility index (Phi) is 19.1. The second-order valence-electron chi connectivity index (χ2n) is 10.1. The highest BCUT2D eigenvalue weighted by Crippen LogP contribution is 2.37. The van der Waals surface area contributed by atoms with Gasteiger partial charge in [-0.2, -0.15) is 18.9 Å². The van der Waals surface area contributed by atoms with Gasteiger partial charge in [-0.1, -0.05) is 6.92 Å². The average Bonchev–Trinajstić information content (AvgIpc) is 3.37. The van der Waals surface area contributed by atoms with Crippen molar-refractivity contribution in [2.24, 2.45) is 10.2 Å². The lowest BCUT2D eigenvalue weighted by Crippen LogP contribution is -2.30. The lowest BCUT2D eigenvalue weighted by Gasteiger charge is -2.23. The Labute approximate surface area is 282 Å². The number of anilines is 1. The molecule has 47 heavy (non-hydrogen) atoms. The van der Waals surface area contributed by atoms with Crippen LogP contribution in [0.5, 0.6) is 5.75 Å². The standard InChI is InChI=1S/C31H46N6O8S2/c1-5-36(10-7-21-47(38,39)40)11-13-42-15-17-44-19-20-45-18-16-43-14-12-37(6-2)26-8-9-28(29(22-26)41-4)34-35-31-27(23-32)25(3)30(24-33)46-31/h8-9,22H,5-7,10-21H2,1-4H3,(H,38,39,40). The van der Waals surface area contributed by atoms with Gasteiger partial charge in [-0.25, -0.2) is 0 Å². The van der Waals surface area contributed by atoms with Crippen molar-refractivity contribution in [3.8, 4) is 17.9 Å². The third-order valence-electron chi connectivity index (χ3n) is 7.00. The van der Waals surface area contributed by atoms with Crippen molar-refractivity contribution in [1.29, 1.82) is 10.5 Å². The highest BCUT2D eigenvalue weighted by molar-refractivity contribution is 7.85. The first kappa shape index (κ1) is 40.0. The number of ether oxygens (including phenoxy) is 5. The largest absolute Gasteiger partial charge is 0.494 e. The minimum Gasteiger partial charge on any atom is -0.494 e. The Morgan fingerprint density at radius 3 is 2.02 bits per heavy atom. The zero-order valence-corrected chi connectivity index (χ0v) is 29.3. The molecule has 0 amide bonds. The van der Waals surface area contributed by atoms with Crippen molar-refractivity contribution in [2.75, 3.05) is 103 Å². The third-order valence-corrected chi connectivity index (χ3v) is 8.88. The number of thiophene rings is 1. The predicted octanol–water partition coefficient (Wildman–Crippen LogP) is 4.72.